The minimum absolute atomic E-state index is 0.488. The number of anilines is 1. The van der Waals surface area contributed by atoms with Crippen LogP contribution in [0.25, 0.3) is 0 Å². The molecule has 0 aliphatic rings. The van der Waals surface area contributed by atoms with E-state index in [1.807, 2.05) is 27.1 Å². The third kappa shape index (κ3) is 3.65. The number of halogens is 1. The molecule has 1 heterocycles. The predicted molar refractivity (Wildman–Crippen MR) is 68.3 cm³/mol. The highest BCUT2D eigenvalue weighted by Crippen LogP contribution is 2.21. The van der Waals surface area contributed by atoms with Gasteiger partial charge in [-0.1, -0.05) is 0 Å². The van der Waals surface area contributed by atoms with Gasteiger partial charge in [-0.25, -0.2) is 0 Å². The van der Waals surface area contributed by atoms with Gasteiger partial charge in [-0.05, 0) is 19.9 Å². The molecule has 90 valence electrons. The maximum Gasteiger partial charge on any atom is 0.0641 e. The summed E-state index contributed by atoms with van der Waals surface area (Å²) in [5, 5.41) is 0. The highest BCUT2D eigenvalue weighted by atomic mass is 35.5. The highest BCUT2D eigenvalue weighted by molar-refractivity contribution is 6.17. The molecule has 0 atom stereocenters. The van der Waals surface area contributed by atoms with E-state index in [0.29, 0.717) is 5.88 Å². The van der Waals surface area contributed by atoms with E-state index in [0.717, 1.165) is 36.7 Å². The van der Waals surface area contributed by atoms with Gasteiger partial charge in [0.05, 0.1) is 12.5 Å². The van der Waals surface area contributed by atoms with Crippen LogP contribution in [0.4, 0.5) is 5.69 Å². The number of alkyl halides is 1. The Morgan fingerprint density at radius 1 is 1.50 bits per heavy atom. The molecule has 0 radical (unpaired) electrons. The van der Waals surface area contributed by atoms with Gasteiger partial charge >= 0.3 is 0 Å². The van der Waals surface area contributed by atoms with Crippen LogP contribution < -0.4 is 4.90 Å². The van der Waals surface area contributed by atoms with Crippen LogP contribution in [0, 0.1) is 6.92 Å². The predicted octanol–water partition coefficient (Wildman–Crippen LogP) is 2.60. The molecule has 1 rings (SSSR count). The molecule has 0 fully saturated rings. The van der Waals surface area contributed by atoms with Crippen molar-refractivity contribution in [2.45, 2.75) is 19.7 Å². The molecular formula is C12H19ClN2O. The smallest absolute Gasteiger partial charge is 0.0641 e. The van der Waals surface area contributed by atoms with Crippen LogP contribution in [0.1, 0.15) is 18.2 Å². The summed E-state index contributed by atoms with van der Waals surface area (Å²) in [5.74, 6) is 0.488. The van der Waals surface area contributed by atoms with E-state index in [1.165, 1.54) is 0 Å². The third-order valence-electron chi connectivity index (χ3n) is 2.43. The van der Waals surface area contributed by atoms with E-state index in [1.54, 1.807) is 0 Å². The zero-order valence-corrected chi connectivity index (χ0v) is 10.9. The summed E-state index contributed by atoms with van der Waals surface area (Å²) < 4.78 is 5.34. The molecule has 4 heteroatoms. The van der Waals surface area contributed by atoms with E-state index in [4.69, 9.17) is 16.3 Å². The second kappa shape index (κ2) is 6.71. The third-order valence-corrected chi connectivity index (χ3v) is 2.72. The first-order chi connectivity index (χ1) is 7.69. The van der Waals surface area contributed by atoms with Crippen LogP contribution >= 0.6 is 11.6 Å². The molecule has 0 spiro atoms. The van der Waals surface area contributed by atoms with Gasteiger partial charge in [-0.15, -0.1) is 11.6 Å². The number of ether oxygens (including phenoxy) is 1. The van der Waals surface area contributed by atoms with Gasteiger partial charge in [0, 0.05) is 43.3 Å². The lowest BCUT2D eigenvalue weighted by atomic mass is 10.2. The Morgan fingerprint density at radius 2 is 2.25 bits per heavy atom. The van der Waals surface area contributed by atoms with Crippen LogP contribution in [0.2, 0.25) is 0 Å². The molecule has 1 aromatic heterocycles. The first-order valence-electron chi connectivity index (χ1n) is 5.49. The number of hydrogen-bond acceptors (Lipinski definition) is 3. The molecule has 0 saturated heterocycles. The minimum atomic E-state index is 0.488. The number of rotatable bonds is 6. The van der Waals surface area contributed by atoms with Crippen LogP contribution in [0.15, 0.2) is 12.3 Å². The number of nitrogens with zero attached hydrogens (tertiary/aromatic N) is 2. The minimum Gasteiger partial charge on any atom is -0.380 e. The van der Waals surface area contributed by atoms with Gasteiger partial charge in [0.2, 0.25) is 0 Å². The largest absolute Gasteiger partial charge is 0.380 e. The number of likely N-dealkylation sites (N-methyl/N-ethyl adjacent to an activating group) is 1. The standard InChI is InChI=1S/C12H19ClN2O/c1-4-16-6-5-15(3)12-7-10(2)14-9-11(12)8-13/h7,9H,4-6,8H2,1-3H3. The Labute approximate surface area is 102 Å². The quantitative estimate of drug-likeness (QED) is 0.567. The van der Waals surface area contributed by atoms with Crippen molar-refractivity contribution in [3.63, 3.8) is 0 Å². The van der Waals surface area contributed by atoms with Crippen molar-refractivity contribution in [2.24, 2.45) is 0 Å². The Kier molecular flexibility index (Phi) is 5.56. The van der Waals surface area contributed by atoms with Crippen LogP contribution in [-0.2, 0) is 10.6 Å². The van der Waals surface area contributed by atoms with Crippen molar-refractivity contribution in [3.8, 4) is 0 Å². The Morgan fingerprint density at radius 3 is 2.88 bits per heavy atom. The monoisotopic (exact) mass is 242 g/mol. The average molecular weight is 243 g/mol. The van der Waals surface area contributed by atoms with Crippen LogP contribution in [-0.4, -0.2) is 31.8 Å². The van der Waals surface area contributed by atoms with Gasteiger partial charge < -0.3 is 9.64 Å². The molecule has 0 N–H and O–H groups in total. The topological polar surface area (TPSA) is 25.4 Å². The molecule has 0 unspecified atom stereocenters. The zero-order chi connectivity index (χ0) is 12.0. The number of aromatic nitrogens is 1. The molecule has 1 aromatic rings. The molecule has 0 aliphatic heterocycles. The lowest BCUT2D eigenvalue weighted by Gasteiger charge is -2.21. The highest BCUT2D eigenvalue weighted by Gasteiger charge is 2.07. The molecule has 0 aliphatic carbocycles. The summed E-state index contributed by atoms with van der Waals surface area (Å²) in [7, 11) is 2.05. The molecule has 16 heavy (non-hydrogen) atoms. The van der Waals surface area contributed by atoms with Crippen molar-refractivity contribution < 1.29 is 4.74 Å². The van der Waals surface area contributed by atoms with Crippen LogP contribution in [0.3, 0.4) is 0 Å². The average Bonchev–Trinajstić information content (AvgIpc) is 2.29. The van der Waals surface area contributed by atoms with Gasteiger partial charge in [0.25, 0.3) is 0 Å². The Balaban J connectivity index is 2.72. The summed E-state index contributed by atoms with van der Waals surface area (Å²) >= 11 is 5.89. The summed E-state index contributed by atoms with van der Waals surface area (Å²) in [6, 6.07) is 2.06. The van der Waals surface area contributed by atoms with E-state index in [-0.39, 0.29) is 0 Å². The van der Waals surface area contributed by atoms with Crippen molar-refractivity contribution in [3.05, 3.63) is 23.5 Å². The summed E-state index contributed by atoms with van der Waals surface area (Å²) in [6.07, 6.45) is 1.84. The van der Waals surface area contributed by atoms with Crippen molar-refractivity contribution >= 4 is 17.3 Å². The fraction of sp³-hybridized carbons (Fsp3) is 0.583. The molecule has 0 aromatic carbocycles. The van der Waals surface area contributed by atoms with Crippen molar-refractivity contribution in [2.75, 3.05) is 31.7 Å². The fourth-order valence-corrected chi connectivity index (χ4v) is 1.70. The molecule has 3 nitrogen and oxygen atoms in total. The van der Waals surface area contributed by atoms with E-state index in [9.17, 15) is 0 Å². The van der Waals surface area contributed by atoms with Crippen molar-refractivity contribution in [1.29, 1.82) is 0 Å². The summed E-state index contributed by atoms with van der Waals surface area (Å²) in [6.45, 7) is 6.33. The van der Waals surface area contributed by atoms with Gasteiger partial charge in [-0.3, -0.25) is 4.98 Å². The molecule has 0 amide bonds. The van der Waals surface area contributed by atoms with Gasteiger partial charge in [0.15, 0.2) is 0 Å². The van der Waals surface area contributed by atoms with E-state index in [2.05, 4.69) is 16.0 Å². The van der Waals surface area contributed by atoms with Gasteiger partial charge in [-0.2, -0.15) is 0 Å². The van der Waals surface area contributed by atoms with Gasteiger partial charge in [0.1, 0.15) is 0 Å². The number of pyridine rings is 1. The number of aryl methyl sites for hydroxylation is 1. The SMILES string of the molecule is CCOCCN(C)c1cc(C)ncc1CCl. The maximum atomic E-state index is 5.89. The zero-order valence-electron chi connectivity index (χ0n) is 10.2. The molecule has 0 saturated carbocycles. The lowest BCUT2D eigenvalue weighted by Crippen LogP contribution is -2.23. The first-order valence-corrected chi connectivity index (χ1v) is 6.02. The maximum absolute atomic E-state index is 5.89. The number of hydrogen-bond donors (Lipinski definition) is 0. The Bertz CT molecular complexity index is 331. The Hall–Kier alpha value is -0.800. The normalized spacial score (nSPS) is 10.5. The second-order valence-corrected chi connectivity index (χ2v) is 3.97. The van der Waals surface area contributed by atoms with E-state index >= 15 is 0 Å². The summed E-state index contributed by atoms with van der Waals surface area (Å²) in [4.78, 5) is 6.40. The molecule has 0 bridgehead atoms. The van der Waals surface area contributed by atoms with Crippen LogP contribution in [0.5, 0.6) is 0 Å². The van der Waals surface area contributed by atoms with E-state index < -0.39 is 0 Å². The second-order valence-electron chi connectivity index (χ2n) is 3.71. The fourth-order valence-electron chi connectivity index (χ4n) is 1.50. The lowest BCUT2D eigenvalue weighted by molar-refractivity contribution is 0.154. The van der Waals surface area contributed by atoms with Crippen molar-refractivity contribution in [1.82, 2.24) is 4.98 Å². The summed E-state index contributed by atoms with van der Waals surface area (Å²) in [5.41, 5.74) is 3.21. The first kappa shape index (κ1) is 13.3. The molecular weight excluding hydrogens is 224 g/mol.